The third kappa shape index (κ3) is 3.58. The van der Waals surface area contributed by atoms with Crippen molar-refractivity contribution in [2.75, 3.05) is 5.32 Å². The second kappa shape index (κ2) is 6.73. The number of anilines is 1. The maximum absolute atomic E-state index is 6.12. The lowest BCUT2D eigenvalue weighted by molar-refractivity contribution is 0.897. The highest BCUT2D eigenvalue weighted by atomic mass is 35.5. The molecule has 0 aliphatic carbocycles. The zero-order valence-electron chi connectivity index (χ0n) is 10.7. The largest absolute Gasteiger partial charge is 0.366 e. The lowest BCUT2D eigenvalue weighted by atomic mass is 10.1. The van der Waals surface area contributed by atoms with Gasteiger partial charge in [0.1, 0.15) is 17.3 Å². The van der Waals surface area contributed by atoms with Gasteiger partial charge in [-0.3, -0.25) is 0 Å². The van der Waals surface area contributed by atoms with Gasteiger partial charge < -0.3 is 5.32 Å². The van der Waals surface area contributed by atoms with Gasteiger partial charge >= 0.3 is 0 Å². The van der Waals surface area contributed by atoms with Gasteiger partial charge in [-0.05, 0) is 18.1 Å². The molecule has 0 saturated heterocycles. The molecule has 0 atom stereocenters. The van der Waals surface area contributed by atoms with Gasteiger partial charge in [-0.1, -0.05) is 54.7 Å². The zero-order valence-corrected chi connectivity index (χ0v) is 12.2. The summed E-state index contributed by atoms with van der Waals surface area (Å²) < 4.78 is 0. The summed E-state index contributed by atoms with van der Waals surface area (Å²) in [4.78, 5) is 8.27. The van der Waals surface area contributed by atoms with Crippen LogP contribution in [0.1, 0.15) is 24.5 Å². The van der Waals surface area contributed by atoms with E-state index in [1.807, 2.05) is 24.3 Å². The average molecular weight is 296 g/mol. The summed E-state index contributed by atoms with van der Waals surface area (Å²) in [6.07, 6.45) is 3.31. The minimum Gasteiger partial charge on any atom is -0.366 e. The summed E-state index contributed by atoms with van der Waals surface area (Å²) in [6, 6.07) is 7.73. The number of benzene rings is 1. The highest BCUT2D eigenvalue weighted by Crippen LogP contribution is 2.23. The Hall–Kier alpha value is -1.32. The van der Waals surface area contributed by atoms with E-state index in [0.717, 1.165) is 34.8 Å². The molecule has 5 heteroatoms. The topological polar surface area (TPSA) is 37.8 Å². The number of nitrogens with zero attached hydrogens (tertiary/aromatic N) is 2. The third-order valence-corrected chi connectivity index (χ3v) is 3.49. The van der Waals surface area contributed by atoms with E-state index in [4.69, 9.17) is 23.2 Å². The monoisotopic (exact) mass is 295 g/mol. The maximum Gasteiger partial charge on any atom is 0.137 e. The van der Waals surface area contributed by atoms with Crippen LogP contribution < -0.4 is 5.32 Å². The Kier molecular flexibility index (Phi) is 5.00. The van der Waals surface area contributed by atoms with Crippen molar-refractivity contribution in [2.45, 2.75) is 26.3 Å². The fourth-order valence-electron chi connectivity index (χ4n) is 1.84. The molecule has 3 nitrogen and oxygen atoms in total. The van der Waals surface area contributed by atoms with Crippen LogP contribution in [0.4, 0.5) is 5.82 Å². The number of nitrogens with one attached hydrogen (secondary N) is 1. The third-order valence-electron chi connectivity index (χ3n) is 2.80. The van der Waals surface area contributed by atoms with E-state index >= 15 is 0 Å². The molecule has 1 aromatic heterocycles. The van der Waals surface area contributed by atoms with E-state index in [0.29, 0.717) is 11.7 Å². The molecule has 1 heterocycles. The number of aromatic nitrogens is 2. The predicted molar refractivity (Wildman–Crippen MR) is 79.8 cm³/mol. The number of rotatable bonds is 5. The van der Waals surface area contributed by atoms with Gasteiger partial charge in [-0.25, -0.2) is 9.97 Å². The Morgan fingerprint density at radius 1 is 1.16 bits per heavy atom. The van der Waals surface area contributed by atoms with Crippen molar-refractivity contribution in [3.63, 3.8) is 0 Å². The van der Waals surface area contributed by atoms with E-state index in [2.05, 4.69) is 22.2 Å². The van der Waals surface area contributed by atoms with Gasteiger partial charge in [0.15, 0.2) is 0 Å². The minimum atomic E-state index is 0.513. The lowest BCUT2D eigenvalue weighted by Gasteiger charge is -2.11. The molecule has 2 aromatic rings. The molecule has 0 radical (unpaired) electrons. The first-order valence-electron chi connectivity index (χ1n) is 6.19. The van der Waals surface area contributed by atoms with Crippen molar-refractivity contribution in [1.82, 2.24) is 9.97 Å². The Balaban J connectivity index is 2.16. The van der Waals surface area contributed by atoms with Crippen molar-refractivity contribution in [3.8, 4) is 0 Å². The average Bonchev–Trinajstić information content (AvgIpc) is 2.41. The molecule has 0 unspecified atom stereocenters. The quantitative estimate of drug-likeness (QED) is 0.834. The second-order valence-corrected chi connectivity index (χ2v) is 4.95. The standard InChI is InChI=1S/C14H15Cl2N3/c1-2-5-11-13(16)18-9-19-14(11)17-8-10-6-3-4-7-12(10)15/h3-4,6-7,9H,2,5,8H2,1H3,(H,17,18,19). The van der Waals surface area contributed by atoms with Gasteiger partial charge in [0.2, 0.25) is 0 Å². The molecule has 0 fully saturated rings. The fraction of sp³-hybridized carbons (Fsp3) is 0.286. The molecule has 0 aliphatic rings. The Morgan fingerprint density at radius 3 is 2.68 bits per heavy atom. The molecule has 0 saturated carbocycles. The Labute approximate surface area is 123 Å². The number of hydrogen-bond donors (Lipinski definition) is 1. The first-order chi connectivity index (χ1) is 9.22. The van der Waals surface area contributed by atoms with Crippen molar-refractivity contribution in [1.29, 1.82) is 0 Å². The van der Waals surface area contributed by atoms with Crippen LogP contribution in [-0.4, -0.2) is 9.97 Å². The Morgan fingerprint density at radius 2 is 1.95 bits per heavy atom. The zero-order chi connectivity index (χ0) is 13.7. The van der Waals surface area contributed by atoms with Crippen LogP contribution in [0.5, 0.6) is 0 Å². The van der Waals surface area contributed by atoms with Crippen LogP contribution in [0.25, 0.3) is 0 Å². The lowest BCUT2D eigenvalue weighted by Crippen LogP contribution is -2.06. The van der Waals surface area contributed by atoms with Crippen LogP contribution in [0, 0.1) is 0 Å². The molecule has 19 heavy (non-hydrogen) atoms. The van der Waals surface area contributed by atoms with E-state index in [-0.39, 0.29) is 0 Å². The smallest absolute Gasteiger partial charge is 0.137 e. The Bertz CT molecular complexity index is 558. The van der Waals surface area contributed by atoms with Crippen molar-refractivity contribution in [2.24, 2.45) is 0 Å². The minimum absolute atomic E-state index is 0.513. The van der Waals surface area contributed by atoms with E-state index in [9.17, 15) is 0 Å². The summed E-state index contributed by atoms with van der Waals surface area (Å²) in [5.41, 5.74) is 1.99. The number of halogens is 2. The van der Waals surface area contributed by atoms with E-state index in [1.54, 1.807) is 0 Å². The van der Waals surface area contributed by atoms with Crippen LogP contribution in [0.3, 0.4) is 0 Å². The molecule has 1 aromatic carbocycles. The van der Waals surface area contributed by atoms with Crippen LogP contribution >= 0.6 is 23.2 Å². The van der Waals surface area contributed by atoms with Gasteiger partial charge in [-0.15, -0.1) is 0 Å². The molecule has 0 spiro atoms. The first-order valence-corrected chi connectivity index (χ1v) is 6.94. The van der Waals surface area contributed by atoms with E-state index in [1.165, 1.54) is 6.33 Å². The predicted octanol–water partition coefficient (Wildman–Crippen LogP) is 4.35. The highest BCUT2D eigenvalue weighted by Gasteiger charge is 2.09. The number of hydrogen-bond acceptors (Lipinski definition) is 3. The molecule has 2 rings (SSSR count). The van der Waals surface area contributed by atoms with Gasteiger partial charge in [0.25, 0.3) is 0 Å². The highest BCUT2D eigenvalue weighted by molar-refractivity contribution is 6.31. The van der Waals surface area contributed by atoms with Crippen molar-refractivity contribution in [3.05, 3.63) is 51.9 Å². The summed E-state index contributed by atoms with van der Waals surface area (Å²) in [6.45, 7) is 2.71. The summed E-state index contributed by atoms with van der Waals surface area (Å²) in [7, 11) is 0. The first kappa shape index (κ1) is 14.1. The van der Waals surface area contributed by atoms with Crippen LogP contribution in [-0.2, 0) is 13.0 Å². The van der Waals surface area contributed by atoms with Crippen molar-refractivity contribution >= 4 is 29.0 Å². The van der Waals surface area contributed by atoms with Crippen molar-refractivity contribution < 1.29 is 0 Å². The summed E-state index contributed by atoms with van der Waals surface area (Å²) in [5, 5.41) is 4.53. The van der Waals surface area contributed by atoms with Gasteiger partial charge in [-0.2, -0.15) is 0 Å². The SMILES string of the molecule is CCCc1c(Cl)ncnc1NCc1ccccc1Cl. The van der Waals surface area contributed by atoms with E-state index < -0.39 is 0 Å². The summed E-state index contributed by atoms with van der Waals surface area (Å²) in [5.74, 6) is 0.779. The molecule has 0 amide bonds. The molecule has 0 aliphatic heterocycles. The molecule has 100 valence electrons. The maximum atomic E-state index is 6.12. The van der Waals surface area contributed by atoms with Crippen LogP contribution in [0.2, 0.25) is 10.2 Å². The molecular formula is C14H15Cl2N3. The normalized spacial score (nSPS) is 10.5. The molecule has 0 bridgehead atoms. The van der Waals surface area contributed by atoms with Gasteiger partial charge in [0.05, 0.1) is 0 Å². The van der Waals surface area contributed by atoms with Crippen LogP contribution in [0.15, 0.2) is 30.6 Å². The second-order valence-electron chi connectivity index (χ2n) is 4.19. The molecule has 1 N–H and O–H groups in total. The fourth-order valence-corrected chi connectivity index (χ4v) is 2.27. The summed E-state index contributed by atoms with van der Waals surface area (Å²) >= 11 is 12.2. The van der Waals surface area contributed by atoms with Gasteiger partial charge in [0, 0.05) is 17.1 Å². The molecular weight excluding hydrogens is 281 g/mol.